The third-order valence-corrected chi connectivity index (χ3v) is 13.7. The topological polar surface area (TPSA) is 120 Å². The smallest absolute Gasteiger partial charge is 0.410 e. The number of imidazole rings is 2. The highest BCUT2D eigenvalue weighted by Crippen LogP contribution is 2.25. The molecular formula is C44H72N8O6Si2. The predicted molar refractivity (Wildman–Crippen MR) is 248 cm³/mol. The minimum Gasteiger partial charge on any atom is -0.444 e. The van der Waals surface area contributed by atoms with E-state index in [0.29, 0.717) is 39.6 Å². The first-order valence-corrected chi connectivity index (χ1v) is 29.0. The number of hydrogen-bond acceptors (Lipinski definition) is 10. The first kappa shape index (κ1) is 46.9. The number of nitrogens with zero attached hydrogens (tertiary/aromatic N) is 8. The van der Waals surface area contributed by atoms with Crippen LogP contribution in [0.15, 0.2) is 49.1 Å². The minimum atomic E-state index is -1.09. The fourth-order valence-corrected chi connectivity index (χ4v) is 8.24. The van der Waals surface area contributed by atoms with Gasteiger partial charge in [-0.15, -0.1) is 0 Å². The van der Waals surface area contributed by atoms with Crippen LogP contribution in [0.4, 0.5) is 21.0 Å². The van der Waals surface area contributed by atoms with Gasteiger partial charge in [0.15, 0.2) is 0 Å². The van der Waals surface area contributed by atoms with Crippen molar-refractivity contribution in [3.63, 3.8) is 0 Å². The molecular weight excluding hydrogens is 793 g/mol. The van der Waals surface area contributed by atoms with Crippen molar-refractivity contribution in [3.8, 4) is 0 Å². The molecule has 2 amide bonds. The number of amides is 2. The average molecular weight is 865 g/mol. The second-order valence-electron chi connectivity index (χ2n) is 20.4. The molecule has 2 aliphatic heterocycles. The molecule has 2 saturated heterocycles. The lowest BCUT2D eigenvalue weighted by atomic mass is 10.2. The van der Waals surface area contributed by atoms with E-state index in [4.69, 9.17) is 18.9 Å². The summed E-state index contributed by atoms with van der Waals surface area (Å²) in [5.74, 6) is 0. The molecule has 4 aromatic rings. The standard InChI is InChI=1S/2C22H36N4O3Si/c1-22(2,3)29-21(27)25-11-9-24(10-12-25)18-7-8-20-19(15-18)23-16-26(20)17-28-13-14-30(4,5)6;1-22(2,3)29-21(27)25-11-9-24(10-12-25)18-7-8-19-20(15-18)26(16-23-19)17-28-13-14-30(4,5)6/h2*7-8,15-16H,9-14,17H2,1-6H3. The summed E-state index contributed by atoms with van der Waals surface area (Å²) in [4.78, 5) is 41.8. The number of ether oxygens (including phenoxy) is 4. The Kier molecular flexibility index (Phi) is 15.4. The summed E-state index contributed by atoms with van der Waals surface area (Å²) < 4.78 is 26.9. The Hall–Kier alpha value is -4.13. The third-order valence-electron chi connectivity index (χ3n) is 10.3. The van der Waals surface area contributed by atoms with Crippen molar-refractivity contribution in [1.29, 1.82) is 0 Å². The number of rotatable bonds is 12. The van der Waals surface area contributed by atoms with E-state index < -0.39 is 27.3 Å². The van der Waals surface area contributed by atoms with Crippen molar-refractivity contribution in [2.75, 3.05) is 75.4 Å². The Morgan fingerprint density at radius 2 is 0.983 bits per heavy atom. The summed E-state index contributed by atoms with van der Waals surface area (Å²) in [6.45, 7) is 34.0. The second kappa shape index (κ2) is 19.7. The fourth-order valence-electron chi connectivity index (χ4n) is 6.73. The van der Waals surface area contributed by atoms with Crippen molar-refractivity contribution < 1.29 is 28.5 Å². The van der Waals surface area contributed by atoms with Crippen molar-refractivity contribution >= 4 is 61.8 Å². The van der Waals surface area contributed by atoms with Gasteiger partial charge in [-0.3, -0.25) is 0 Å². The summed E-state index contributed by atoms with van der Waals surface area (Å²) >= 11 is 0. The molecule has 0 saturated carbocycles. The first-order valence-electron chi connectivity index (χ1n) is 21.5. The van der Waals surface area contributed by atoms with Crippen LogP contribution in [0.1, 0.15) is 41.5 Å². The van der Waals surface area contributed by atoms with Gasteiger partial charge in [0, 0.05) is 93.1 Å². The molecule has 0 aliphatic carbocycles. The van der Waals surface area contributed by atoms with Gasteiger partial charge in [-0.25, -0.2) is 19.6 Å². The number of hydrogen-bond donors (Lipinski definition) is 0. The molecule has 4 heterocycles. The number of anilines is 2. The number of carbonyl (C=O) groups excluding carboxylic acids is 2. The SMILES string of the molecule is CC(C)(C)OC(=O)N1CCN(c2ccc3c(c2)ncn3COCC[Si](C)(C)C)CC1.CC(C)(C)OC(=O)N1CCN(c2ccc3ncn(COCC[Si](C)(C)C)c3c2)CC1. The Morgan fingerprint density at radius 3 is 1.43 bits per heavy atom. The summed E-state index contributed by atoms with van der Waals surface area (Å²) in [6, 6.07) is 15.0. The monoisotopic (exact) mass is 865 g/mol. The number of piperazine rings is 2. The van der Waals surface area contributed by atoms with Gasteiger partial charge in [0.25, 0.3) is 0 Å². The van der Waals surface area contributed by atoms with Crippen molar-refractivity contribution in [3.05, 3.63) is 49.1 Å². The molecule has 14 nitrogen and oxygen atoms in total. The maximum Gasteiger partial charge on any atom is 0.410 e. The van der Waals surface area contributed by atoms with Crippen LogP contribution in [-0.4, -0.2) is 134 Å². The molecule has 0 N–H and O–H groups in total. The summed E-state index contributed by atoms with van der Waals surface area (Å²) in [7, 11) is -2.16. The van der Waals surface area contributed by atoms with Gasteiger partial charge in [-0.2, -0.15) is 0 Å². The molecule has 332 valence electrons. The van der Waals surface area contributed by atoms with Crippen LogP contribution < -0.4 is 9.80 Å². The number of benzene rings is 2. The molecule has 60 heavy (non-hydrogen) atoms. The Morgan fingerprint density at radius 1 is 0.567 bits per heavy atom. The van der Waals surface area contributed by atoms with E-state index in [2.05, 4.69) is 105 Å². The van der Waals surface area contributed by atoms with E-state index in [9.17, 15) is 9.59 Å². The van der Waals surface area contributed by atoms with Gasteiger partial charge < -0.3 is 47.7 Å². The maximum atomic E-state index is 12.3. The van der Waals surface area contributed by atoms with Crippen LogP contribution >= 0.6 is 0 Å². The van der Waals surface area contributed by atoms with Gasteiger partial charge in [0.05, 0.1) is 34.7 Å². The molecule has 0 bridgehead atoms. The lowest BCUT2D eigenvalue weighted by Crippen LogP contribution is -2.50. The van der Waals surface area contributed by atoms with Gasteiger partial charge in [0.1, 0.15) is 24.7 Å². The van der Waals surface area contributed by atoms with Gasteiger partial charge in [0.2, 0.25) is 0 Å². The molecule has 2 aromatic heterocycles. The number of fused-ring (bicyclic) bond motifs is 2. The van der Waals surface area contributed by atoms with E-state index in [1.807, 2.05) is 54.2 Å². The van der Waals surface area contributed by atoms with E-state index in [-0.39, 0.29) is 12.2 Å². The van der Waals surface area contributed by atoms with Crippen LogP contribution in [0.25, 0.3) is 22.1 Å². The molecule has 6 rings (SSSR count). The van der Waals surface area contributed by atoms with E-state index >= 15 is 0 Å². The molecule has 0 atom stereocenters. The highest BCUT2D eigenvalue weighted by atomic mass is 28.3. The molecule has 0 unspecified atom stereocenters. The Labute approximate surface area is 360 Å². The quantitative estimate of drug-likeness (QED) is 0.101. The lowest BCUT2D eigenvalue weighted by Gasteiger charge is -2.36. The average Bonchev–Trinajstić information content (AvgIpc) is 3.76. The zero-order valence-electron chi connectivity index (χ0n) is 38.5. The van der Waals surface area contributed by atoms with E-state index in [0.717, 1.165) is 78.9 Å². The van der Waals surface area contributed by atoms with Crippen molar-refractivity contribution in [1.82, 2.24) is 28.9 Å². The molecule has 2 aliphatic rings. The minimum absolute atomic E-state index is 0.230. The largest absolute Gasteiger partial charge is 0.444 e. The predicted octanol–water partition coefficient (Wildman–Crippen LogP) is 8.81. The van der Waals surface area contributed by atoms with E-state index in [1.54, 1.807) is 9.80 Å². The Balaban J connectivity index is 0.000000228. The zero-order valence-corrected chi connectivity index (χ0v) is 40.5. The van der Waals surface area contributed by atoms with Crippen LogP contribution in [0.3, 0.4) is 0 Å². The molecule has 2 fully saturated rings. The summed E-state index contributed by atoms with van der Waals surface area (Å²) in [5, 5.41) is 0. The normalized spacial score (nSPS) is 15.7. The van der Waals surface area contributed by atoms with Crippen molar-refractivity contribution in [2.24, 2.45) is 0 Å². The highest BCUT2D eigenvalue weighted by Gasteiger charge is 2.28. The van der Waals surface area contributed by atoms with E-state index in [1.165, 1.54) is 6.04 Å². The second-order valence-corrected chi connectivity index (χ2v) is 31.6. The molecule has 2 aromatic carbocycles. The van der Waals surface area contributed by atoms with Crippen LogP contribution in [-0.2, 0) is 32.4 Å². The number of carbonyl (C=O) groups is 2. The fraction of sp³-hybridized carbons (Fsp3) is 0.636. The molecule has 16 heteroatoms. The van der Waals surface area contributed by atoms with Crippen LogP contribution in [0.2, 0.25) is 51.4 Å². The lowest BCUT2D eigenvalue weighted by molar-refractivity contribution is 0.0230. The first-order chi connectivity index (χ1) is 28.0. The number of aromatic nitrogens is 4. The third kappa shape index (κ3) is 14.5. The zero-order chi connectivity index (χ0) is 43.9. The summed E-state index contributed by atoms with van der Waals surface area (Å²) in [6.07, 6.45) is 3.24. The van der Waals surface area contributed by atoms with Gasteiger partial charge >= 0.3 is 12.2 Å². The van der Waals surface area contributed by atoms with Crippen molar-refractivity contribution in [2.45, 2.75) is 118 Å². The Bertz CT molecular complexity index is 2010. The maximum absolute atomic E-state index is 12.3. The summed E-state index contributed by atoms with van der Waals surface area (Å²) in [5.41, 5.74) is 5.46. The van der Waals surface area contributed by atoms with Crippen LogP contribution in [0.5, 0.6) is 0 Å². The van der Waals surface area contributed by atoms with Gasteiger partial charge in [-0.05, 0) is 90.0 Å². The van der Waals surface area contributed by atoms with Crippen LogP contribution in [0, 0.1) is 0 Å². The van der Waals surface area contributed by atoms with Gasteiger partial charge in [-0.1, -0.05) is 39.3 Å². The molecule has 0 radical (unpaired) electrons. The molecule has 0 spiro atoms. The highest BCUT2D eigenvalue weighted by molar-refractivity contribution is 6.76.